The van der Waals surface area contributed by atoms with E-state index in [-0.39, 0.29) is 24.9 Å². The van der Waals surface area contributed by atoms with Crippen LogP contribution in [-0.4, -0.2) is 27.1 Å². The van der Waals surface area contributed by atoms with Gasteiger partial charge >= 0.3 is 0 Å². The quantitative estimate of drug-likeness (QED) is 0.715. The second kappa shape index (κ2) is 9.24. The molecule has 1 atom stereocenters. The van der Waals surface area contributed by atoms with Gasteiger partial charge in [0.05, 0.1) is 18.0 Å². The lowest BCUT2D eigenvalue weighted by atomic mass is 10.1. The number of benzene rings is 2. The lowest BCUT2D eigenvalue weighted by molar-refractivity contribution is -0.121. The number of carbonyl (C=O) groups is 1. The lowest BCUT2D eigenvalue weighted by Gasteiger charge is -2.24. The van der Waals surface area contributed by atoms with Crippen LogP contribution in [0.5, 0.6) is 0 Å². The third kappa shape index (κ3) is 5.97. The monoisotopic (exact) mass is 408 g/mol. The summed E-state index contributed by atoms with van der Waals surface area (Å²) in [4.78, 5) is 12.2. The maximum absolute atomic E-state index is 12.2. The van der Waals surface area contributed by atoms with E-state index in [4.69, 9.17) is 11.6 Å². The Morgan fingerprint density at radius 1 is 1.15 bits per heavy atom. The first kappa shape index (κ1) is 21.3. The van der Waals surface area contributed by atoms with Gasteiger partial charge in [-0.3, -0.25) is 9.10 Å². The Kier molecular flexibility index (Phi) is 7.27. The van der Waals surface area contributed by atoms with Crippen molar-refractivity contribution in [2.75, 3.05) is 17.1 Å². The minimum absolute atomic E-state index is 0.0973. The molecule has 0 aliphatic carbocycles. The fraction of sp³-hybridized carbons (Fsp3) is 0.350. The maximum atomic E-state index is 12.2. The number of sulfonamides is 1. The number of carbonyl (C=O) groups excluding carboxylic acids is 1. The third-order valence-electron chi connectivity index (χ3n) is 4.35. The summed E-state index contributed by atoms with van der Waals surface area (Å²) in [6.45, 7) is 3.92. The van der Waals surface area contributed by atoms with Crippen molar-refractivity contribution in [2.45, 2.75) is 32.7 Å². The molecule has 2 rings (SSSR count). The Hall–Kier alpha value is -2.05. The number of nitrogens with zero attached hydrogens (tertiary/aromatic N) is 1. The predicted octanol–water partition coefficient (Wildman–Crippen LogP) is 4.07. The smallest absolute Gasteiger partial charge is 0.232 e. The van der Waals surface area contributed by atoms with Crippen molar-refractivity contribution in [3.8, 4) is 0 Å². The van der Waals surface area contributed by atoms with Crippen molar-refractivity contribution in [3.05, 3.63) is 64.7 Å². The summed E-state index contributed by atoms with van der Waals surface area (Å²) >= 11 is 6.12. The van der Waals surface area contributed by atoms with E-state index >= 15 is 0 Å². The first-order valence-electron chi connectivity index (χ1n) is 8.77. The molecular formula is C20H25ClN2O3S. The Morgan fingerprint density at radius 2 is 1.81 bits per heavy atom. The molecule has 5 nitrogen and oxygen atoms in total. The Bertz CT molecular complexity index is 885. The van der Waals surface area contributed by atoms with Crippen LogP contribution in [0.15, 0.2) is 48.5 Å². The van der Waals surface area contributed by atoms with E-state index in [2.05, 4.69) is 5.32 Å². The summed E-state index contributed by atoms with van der Waals surface area (Å²) in [7, 11) is -3.48. The zero-order chi connectivity index (χ0) is 20.0. The molecule has 0 heterocycles. The number of hydrogen-bond acceptors (Lipinski definition) is 3. The molecule has 0 bridgehead atoms. The zero-order valence-electron chi connectivity index (χ0n) is 15.8. The van der Waals surface area contributed by atoms with Gasteiger partial charge in [0.1, 0.15) is 0 Å². The van der Waals surface area contributed by atoms with E-state index < -0.39 is 10.0 Å². The van der Waals surface area contributed by atoms with Crippen LogP contribution in [0.2, 0.25) is 5.02 Å². The topological polar surface area (TPSA) is 66.5 Å². The highest BCUT2D eigenvalue weighted by Gasteiger charge is 2.20. The Morgan fingerprint density at radius 3 is 2.44 bits per heavy atom. The average molecular weight is 409 g/mol. The van der Waals surface area contributed by atoms with Gasteiger partial charge in [-0.25, -0.2) is 8.42 Å². The number of hydrogen-bond donors (Lipinski definition) is 1. The number of rotatable bonds is 8. The standard InChI is InChI=1S/C20H25ClN2O3S/c1-15-18(21)11-7-12-19(15)23(27(3,25)26)14-8-13-20(24)22-16(2)17-9-5-4-6-10-17/h4-7,9-12,16H,8,13-14H2,1-3H3,(H,22,24). The minimum atomic E-state index is -3.48. The van der Waals surface area contributed by atoms with Crippen LogP contribution < -0.4 is 9.62 Å². The van der Waals surface area contributed by atoms with Crippen LogP contribution >= 0.6 is 11.6 Å². The van der Waals surface area contributed by atoms with Gasteiger partial charge in [0.25, 0.3) is 0 Å². The highest BCUT2D eigenvalue weighted by Crippen LogP contribution is 2.28. The first-order valence-corrected chi connectivity index (χ1v) is 11.0. The summed E-state index contributed by atoms with van der Waals surface area (Å²) in [6.07, 6.45) is 1.81. The highest BCUT2D eigenvalue weighted by molar-refractivity contribution is 7.92. The number of halogens is 1. The maximum Gasteiger partial charge on any atom is 0.232 e. The van der Waals surface area contributed by atoms with Crippen LogP contribution in [0.3, 0.4) is 0 Å². The molecule has 146 valence electrons. The second-order valence-electron chi connectivity index (χ2n) is 6.52. The molecule has 2 aromatic carbocycles. The van der Waals surface area contributed by atoms with Gasteiger partial charge in [-0.1, -0.05) is 48.0 Å². The van der Waals surface area contributed by atoms with E-state index in [1.54, 1.807) is 25.1 Å². The molecule has 0 spiro atoms. The molecule has 0 aromatic heterocycles. The van der Waals surface area contributed by atoms with E-state index in [1.807, 2.05) is 37.3 Å². The third-order valence-corrected chi connectivity index (χ3v) is 5.94. The van der Waals surface area contributed by atoms with E-state index in [1.165, 1.54) is 4.31 Å². The molecule has 7 heteroatoms. The van der Waals surface area contributed by atoms with Gasteiger partial charge in [-0.15, -0.1) is 0 Å². The van der Waals surface area contributed by atoms with E-state index in [0.717, 1.165) is 11.8 Å². The SMILES string of the molecule is Cc1c(Cl)cccc1N(CCCC(=O)NC(C)c1ccccc1)S(C)(=O)=O. The molecule has 0 fully saturated rings. The molecule has 0 aliphatic heterocycles. The van der Waals surface area contributed by atoms with Crippen molar-refractivity contribution < 1.29 is 13.2 Å². The van der Waals surface area contributed by atoms with Gasteiger partial charge in [0.15, 0.2) is 0 Å². The summed E-state index contributed by atoms with van der Waals surface area (Å²) < 4.78 is 25.7. The number of nitrogens with one attached hydrogen (secondary N) is 1. The van der Waals surface area contributed by atoms with Gasteiger partial charge < -0.3 is 5.32 Å². The van der Waals surface area contributed by atoms with Crippen LogP contribution in [0.25, 0.3) is 0 Å². The van der Waals surface area contributed by atoms with Gasteiger partial charge in [-0.2, -0.15) is 0 Å². The second-order valence-corrected chi connectivity index (χ2v) is 8.84. The van der Waals surface area contributed by atoms with Crippen LogP contribution in [-0.2, 0) is 14.8 Å². The predicted molar refractivity (Wildman–Crippen MR) is 111 cm³/mol. The molecule has 1 amide bonds. The van der Waals surface area contributed by atoms with E-state index in [0.29, 0.717) is 22.7 Å². The molecule has 1 unspecified atom stereocenters. The normalized spacial score (nSPS) is 12.4. The average Bonchev–Trinajstić information content (AvgIpc) is 2.61. The van der Waals surface area contributed by atoms with E-state index in [9.17, 15) is 13.2 Å². The molecule has 0 aliphatic rings. The fourth-order valence-electron chi connectivity index (χ4n) is 2.85. The summed E-state index contributed by atoms with van der Waals surface area (Å²) in [5.74, 6) is -0.109. The first-order chi connectivity index (χ1) is 12.7. The van der Waals surface area contributed by atoms with Crippen LogP contribution in [0, 0.1) is 6.92 Å². The summed E-state index contributed by atoms with van der Waals surface area (Å²) in [6, 6.07) is 14.8. The highest BCUT2D eigenvalue weighted by atomic mass is 35.5. The van der Waals surface area contributed by atoms with Crippen molar-refractivity contribution in [1.82, 2.24) is 5.32 Å². The molecule has 2 aromatic rings. The molecule has 0 saturated heterocycles. The molecule has 0 saturated carbocycles. The molecule has 0 radical (unpaired) electrons. The lowest BCUT2D eigenvalue weighted by Crippen LogP contribution is -2.33. The molecule has 1 N–H and O–H groups in total. The number of anilines is 1. The van der Waals surface area contributed by atoms with Gasteiger partial charge in [0.2, 0.25) is 15.9 Å². The molecule has 27 heavy (non-hydrogen) atoms. The summed E-state index contributed by atoms with van der Waals surface area (Å²) in [5, 5.41) is 3.45. The minimum Gasteiger partial charge on any atom is -0.350 e. The van der Waals surface area contributed by atoms with Crippen LogP contribution in [0.4, 0.5) is 5.69 Å². The fourth-order valence-corrected chi connectivity index (χ4v) is 4.04. The van der Waals surface area contributed by atoms with Crippen molar-refractivity contribution >= 4 is 33.2 Å². The largest absolute Gasteiger partial charge is 0.350 e. The van der Waals surface area contributed by atoms with Gasteiger partial charge in [0, 0.05) is 18.0 Å². The zero-order valence-corrected chi connectivity index (χ0v) is 17.3. The Labute approximate surface area is 166 Å². The summed E-state index contributed by atoms with van der Waals surface area (Å²) in [5.41, 5.74) is 2.27. The van der Waals surface area contributed by atoms with Crippen molar-refractivity contribution in [1.29, 1.82) is 0 Å². The van der Waals surface area contributed by atoms with Crippen molar-refractivity contribution in [2.24, 2.45) is 0 Å². The number of amides is 1. The Balaban J connectivity index is 1.98. The van der Waals surface area contributed by atoms with Crippen LogP contribution in [0.1, 0.15) is 36.9 Å². The van der Waals surface area contributed by atoms with Crippen molar-refractivity contribution in [3.63, 3.8) is 0 Å². The van der Waals surface area contributed by atoms with Gasteiger partial charge in [-0.05, 0) is 43.5 Å². The molecular weight excluding hydrogens is 384 g/mol.